The highest BCUT2D eigenvalue weighted by Gasteiger charge is 2.31. The van der Waals surface area contributed by atoms with Gasteiger partial charge in [0, 0.05) is 12.1 Å². The fraction of sp³-hybridized carbons (Fsp3) is 0.375. The maximum absolute atomic E-state index is 12.2. The van der Waals surface area contributed by atoms with Gasteiger partial charge in [0.1, 0.15) is 11.6 Å². The number of nitrogens with zero attached hydrogens (tertiary/aromatic N) is 2. The molecule has 1 aromatic heterocycles. The molecule has 1 atom stereocenters. The van der Waals surface area contributed by atoms with Gasteiger partial charge in [0.15, 0.2) is 16.4 Å². The van der Waals surface area contributed by atoms with Crippen molar-refractivity contribution in [1.29, 1.82) is 0 Å². The van der Waals surface area contributed by atoms with Crippen LogP contribution in [-0.2, 0) is 14.6 Å². The molecule has 0 aliphatic carbocycles. The van der Waals surface area contributed by atoms with Gasteiger partial charge in [-0.2, -0.15) is 5.10 Å². The van der Waals surface area contributed by atoms with Crippen molar-refractivity contribution in [2.45, 2.75) is 19.4 Å². The van der Waals surface area contributed by atoms with Crippen LogP contribution in [0.15, 0.2) is 24.3 Å². The molecule has 0 radical (unpaired) electrons. The average Bonchev–Trinajstić information content (AvgIpc) is 3.10. The van der Waals surface area contributed by atoms with Crippen molar-refractivity contribution in [3.05, 3.63) is 40.0 Å². The number of aromatic nitrogens is 2. The first-order valence-electron chi connectivity index (χ1n) is 7.88. The largest absolute Gasteiger partial charge is 0.484 e. The number of carbonyl (C=O) groups excluding carboxylic acids is 1. The molecule has 1 amide bonds. The zero-order valence-corrected chi connectivity index (χ0v) is 16.2. The van der Waals surface area contributed by atoms with Crippen LogP contribution >= 0.6 is 23.2 Å². The second kappa shape index (κ2) is 7.46. The molecule has 1 aliphatic rings. The lowest BCUT2D eigenvalue weighted by atomic mass is 10.3. The molecule has 0 bridgehead atoms. The van der Waals surface area contributed by atoms with Crippen LogP contribution in [0.25, 0.3) is 0 Å². The minimum absolute atomic E-state index is 0.0246. The van der Waals surface area contributed by atoms with Crippen molar-refractivity contribution in [3.63, 3.8) is 0 Å². The standard InChI is InChI=1S/C16H17Cl2N3O4S/c1-10-6-15(21(20-10)11-4-5-26(23,24)9-11)19-16(22)8-25-12-2-3-13(17)14(18)7-12/h2-3,6-7,11H,4-5,8-9H2,1H3,(H,19,22). The molecule has 1 unspecified atom stereocenters. The van der Waals surface area contributed by atoms with Gasteiger partial charge < -0.3 is 10.1 Å². The second-order valence-corrected chi connectivity index (χ2v) is 9.13. The molecule has 1 aromatic carbocycles. The van der Waals surface area contributed by atoms with E-state index < -0.39 is 15.7 Å². The molecular weight excluding hydrogens is 401 g/mol. The summed E-state index contributed by atoms with van der Waals surface area (Å²) in [7, 11) is -3.05. The maximum Gasteiger partial charge on any atom is 0.263 e. The number of nitrogens with one attached hydrogen (secondary N) is 1. The van der Waals surface area contributed by atoms with Gasteiger partial charge in [-0.1, -0.05) is 23.2 Å². The van der Waals surface area contributed by atoms with Crippen molar-refractivity contribution in [1.82, 2.24) is 9.78 Å². The summed E-state index contributed by atoms with van der Waals surface area (Å²) in [4.78, 5) is 12.2. The van der Waals surface area contributed by atoms with Crippen molar-refractivity contribution in [3.8, 4) is 5.75 Å². The van der Waals surface area contributed by atoms with E-state index in [0.717, 1.165) is 0 Å². The summed E-state index contributed by atoms with van der Waals surface area (Å²) in [5.74, 6) is 0.632. The Bertz CT molecular complexity index is 943. The predicted octanol–water partition coefficient (Wildman–Crippen LogP) is 2.88. The second-order valence-electron chi connectivity index (χ2n) is 6.09. The molecule has 140 valence electrons. The van der Waals surface area contributed by atoms with Crippen LogP contribution in [0.5, 0.6) is 5.75 Å². The Morgan fingerprint density at radius 2 is 2.12 bits per heavy atom. The first-order chi connectivity index (χ1) is 12.2. The van der Waals surface area contributed by atoms with Crippen LogP contribution in [0.2, 0.25) is 10.0 Å². The predicted molar refractivity (Wildman–Crippen MR) is 99.9 cm³/mol. The zero-order valence-electron chi connectivity index (χ0n) is 13.9. The smallest absolute Gasteiger partial charge is 0.263 e. The molecule has 1 fully saturated rings. The molecule has 26 heavy (non-hydrogen) atoms. The number of ether oxygens (including phenoxy) is 1. The summed E-state index contributed by atoms with van der Waals surface area (Å²) in [6.45, 7) is 1.55. The molecule has 0 saturated carbocycles. The fourth-order valence-electron chi connectivity index (χ4n) is 2.75. The number of halogens is 2. The summed E-state index contributed by atoms with van der Waals surface area (Å²) in [5, 5.41) is 7.76. The number of amides is 1. The van der Waals surface area contributed by atoms with Crippen LogP contribution < -0.4 is 10.1 Å². The monoisotopic (exact) mass is 417 g/mol. The molecular formula is C16H17Cl2N3O4S. The fourth-order valence-corrected chi connectivity index (χ4v) is 4.73. The van der Waals surface area contributed by atoms with Crippen LogP contribution in [0.1, 0.15) is 18.2 Å². The van der Waals surface area contributed by atoms with E-state index in [0.29, 0.717) is 33.7 Å². The molecule has 1 aliphatic heterocycles. The molecule has 2 heterocycles. The third-order valence-corrected chi connectivity index (χ3v) is 6.43. The van der Waals surface area contributed by atoms with Gasteiger partial charge in [0.05, 0.1) is 33.3 Å². The first-order valence-corrected chi connectivity index (χ1v) is 10.5. The number of carbonyl (C=O) groups is 1. The highest BCUT2D eigenvalue weighted by Crippen LogP contribution is 2.28. The van der Waals surface area contributed by atoms with E-state index in [-0.39, 0.29) is 24.2 Å². The van der Waals surface area contributed by atoms with Crippen molar-refractivity contribution in [2.24, 2.45) is 0 Å². The van der Waals surface area contributed by atoms with Crippen LogP contribution in [-0.4, -0.2) is 42.2 Å². The summed E-state index contributed by atoms with van der Waals surface area (Å²) in [6.07, 6.45) is 0.478. The van der Waals surface area contributed by atoms with E-state index in [9.17, 15) is 13.2 Å². The maximum atomic E-state index is 12.2. The lowest BCUT2D eigenvalue weighted by molar-refractivity contribution is -0.118. The minimum atomic E-state index is -3.05. The van der Waals surface area contributed by atoms with Gasteiger partial charge in [0.2, 0.25) is 0 Å². The number of aryl methyl sites for hydroxylation is 1. The van der Waals surface area contributed by atoms with Crippen LogP contribution in [0, 0.1) is 6.92 Å². The van der Waals surface area contributed by atoms with Gasteiger partial charge in [-0.15, -0.1) is 0 Å². The molecule has 7 nitrogen and oxygen atoms in total. The zero-order chi connectivity index (χ0) is 18.9. The highest BCUT2D eigenvalue weighted by atomic mass is 35.5. The highest BCUT2D eigenvalue weighted by molar-refractivity contribution is 7.91. The molecule has 1 saturated heterocycles. The number of anilines is 1. The van der Waals surface area contributed by atoms with Gasteiger partial charge in [-0.3, -0.25) is 4.79 Å². The van der Waals surface area contributed by atoms with Crippen molar-refractivity contribution in [2.75, 3.05) is 23.4 Å². The molecule has 1 N–H and O–H groups in total. The summed E-state index contributed by atoms with van der Waals surface area (Å²) in [5.41, 5.74) is 0.690. The number of sulfone groups is 1. The van der Waals surface area contributed by atoms with E-state index in [1.54, 1.807) is 29.8 Å². The van der Waals surface area contributed by atoms with Crippen molar-refractivity contribution >= 4 is 44.8 Å². The van der Waals surface area contributed by atoms with Crippen LogP contribution in [0.4, 0.5) is 5.82 Å². The summed E-state index contributed by atoms with van der Waals surface area (Å²) in [6, 6.07) is 6.13. The van der Waals surface area contributed by atoms with E-state index >= 15 is 0 Å². The number of hydrogen-bond acceptors (Lipinski definition) is 5. The lowest BCUT2D eigenvalue weighted by Crippen LogP contribution is -2.23. The van der Waals surface area contributed by atoms with Gasteiger partial charge in [-0.25, -0.2) is 13.1 Å². The summed E-state index contributed by atoms with van der Waals surface area (Å²) < 4.78 is 30.4. The summed E-state index contributed by atoms with van der Waals surface area (Å²) >= 11 is 11.7. The third kappa shape index (κ3) is 4.49. The van der Waals surface area contributed by atoms with E-state index in [1.807, 2.05) is 0 Å². The number of hydrogen-bond donors (Lipinski definition) is 1. The molecule has 10 heteroatoms. The Hall–Kier alpha value is -1.77. The minimum Gasteiger partial charge on any atom is -0.484 e. The van der Waals surface area contributed by atoms with E-state index in [4.69, 9.17) is 27.9 Å². The Balaban J connectivity index is 1.65. The number of benzene rings is 1. The number of rotatable bonds is 5. The average molecular weight is 418 g/mol. The van der Waals surface area contributed by atoms with Gasteiger partial charge in [-0.05, 0) is 25.5 Å². The third-order valence-electron chi connectivity index (χ3n) is 3.94. The normalized spacial score (nSPS) is 18.7. The lowest BCUT2D eigenvalue weighted by Gasteiger charge is -2.14. The molecule has 0 spiro atoms. The SMILES string of the molecule is Cc1cc(NC(=O)COc2ccc(Cl)c(Cl)c2)n(C2CCS(=O)(=O)C2)n1. The quantitative estimate of drug-likeness (QED) is 0.807. The Kier molecular flexibility index (Phi) is 5.45. The van der Waals surface area contributed by atoms with Crippen LogP contribution in [0.3, 0.4) is 0 Å². The topological polar surface area (TPSA) is 90.3 Å². The Morgan fingerprint density at radius 3 is 2.77 bits per heavy atom. The molecule has 3 rings (SSSR count). The molecule has 2 aromatic rings. The van der Waals surface area contributed by atoms with E-state index in [2.05, 4.69) is 10.4 Å². The van der Waals surface area contributed by atoms with Crippen molar-refractivity contribution < 1.29 is 17.9 Å². The Morgan fingerprint density at radius 1 is 1.35 bits per heavy atom. The van der Waals surface area contributed by atoms with Gasteiger partial charge in [0.25, 0.3) is 5.91 Å². The first kappa shape index (κ1) is 19.0. The Labute approximate surface area is 161 Å². The van der Waals surface area contributed by atoms with Gasteiger partial charge >= 0.3 is 0 Å². The van der Waals surface area contributed by atoms with E-state index in [1.165, 1.54) is 6.07 Å².